The van der Waals surface area contributed by atoms with Gasteiger partial charge in [-0.3, -0.25) is 4.79 Å². The minimum Gasteiger partial charge on any atom is -0.394 e. The molecule has 0 bridgehead atoms. The second-order valence-corrected chi connectivity index (χ2v) is 11.8. The molecule has 4 aliphatic heterocycles. The van der Waals surface area contributed by atoms with Gasteiger partial charge in [0.2, 0.25) is 12.3 Å². The van der Waals surface area contributed by atoms with Crippen LogP contribution in [0.2, 0.25) is 0 Å². The smallest absolute Gasteiger partial charge is 0.228 e. The Balaban J connectivity index is 1.56. The molecule has 1 amide bonds. The molecule has 0 aromatic heterocycles. The lowest BCUT2D eigenvalue weighted by Crippen LogP contribution is -2.69. The molecule has 0 aromatic carbocycles. The highest BCUT2D eigenvalue weighted by Gasteiger charge is 2.55. The fourth-order valence-corrected chi connectivity index (χ4v) is 5.92. The number of nitrogens with one attached hydrogen (secondary N) is 1. The molecule has 0 aliphatic carbocycles. The average molecular weight is 710 g/mol. The van der Waals surface area contributed by atoms with Crippen LogP contribution >= 0.6 is 0 Å². The molecule has 48 heavy (non-hydrogen) atoms. The zero-order valence-corrected chi connectivity index (χ0v) is 25.4. The van der Waals surface area contributed by atoms with Crippen LogP contribution in [0, 0.1) is 0 Å². The molecule has 12 unspecified atom stereocenters. The molecular weight excluding hydrogens is 665 g/mol. The molecule has 4 fully saturated rings. The molecular formula is C26H44FNO20. The number of hydrogen-bond donors (Lipinski definition) is 13. The van der Waals surface area contributed by atoms with Gasteiger partial charge in [0.25, 0.3) is 0 Å². The highest BCUT2D eigenvalue weighted by molar-refractivity contribution is 5.73. The Morgan fingerprint density at radius 1 is 0.542 bits per heavy atom. The number of amides is 1. The summed E-state index contributed by atoms with van der Waals surface area (Å²) in [5.74, 6) is -0.765. The Bertz CT molecular complexity index is 1030. The summed E-state index contributed by atoms with van der Waals surface area (Å²) in [6.07, 6.45) is -34.7. The van der Waals surface area contributed by atoms with Crippen LogP contribution in [0.25, 0.3) is 0 Å². The van der Waals surface area contributed by atoms with Crippen LogP contribution in [0.15, 0.2) is 0 Å². The summed E-state index contributed by atoms with van der Waals surface area (Å²) in [4.78, 5) is 12.1. The maximum atomic E-state index is 13.9. The molecule has 21 nitrogen and oxygen atoms in total. The van der Waals surface area contributed by atoms with E-state index in [4.69, 9.17) is 33.2 Å². The second kappa shape index (κ2) is 16.8. The lowest BCUT2D eigenvalue weighted by molar-refractivity contribution is -0.378. The van der Waals surface area contributed by atoms with Crippen molar-refractivity contribution in [1.29, 1.82) is 0 Å². The number of aliphatic hydroxyl groups is 12. The number of hydrogen-bond acceptors (Lipinski definition) is 20. The highest BCUT2D eigenvalue weighted by Crippen LogP contribution is 2.34. The predicted molar refractivity (Wildman–Crippen MR) is 144 cm³/mol. The van der Waals surface area contributed by atoms with Gasteiger partial charge in [-0.25, -0.2) is 4.39 Å². The normalized spacial score (nSPS) is 50.2. The summed E-state index contributed by atoms with van der Waals surface area (Å²) >= 11 is 0. The van der Waals surface area contributed by atoms with Crippen LogP contribution in [-0.2, 0) is 38.0 Å². The third-order valence-corrected chi connectivity index (χ3v) is 8.57. The molecule has 4 heterocycles. The summed E-state index contributed by atoms with van der Waals surface area (Å²) in [7, 11) is 0. The largest absolute Gasteiger partial charge is 0.394 e. The van der Waals surface area contributed by atoms with E-state index >= 15 is 0 Å². The van der Waals surface area contributed by atoms with Gasteiger partial charge < -0.3 is 99.8 Å². The number of halogens is 1. The van der Waals surface area contributed by atoms with E-state index in [9.17, 15) is 70.5 Å². The lowest BCUT2D eigenvalue weighted by Gasteiger charge is -2.49. The van der Waals surface area contributed by atoms with E-state index in [-0.39, 0.29) is 0 Å². The fraction of sp³-hybridized carbons (Fsp3) is 0.962. The fourth-order valence-electron chi connectivity index (χ4n) is 5.92. The Morgan fingerprint density at radius 2 is 1.00 bits per heavy atom. The summed E-state index contributed by atoms with van der Waals surface area (Å²) in [6, 6.07) is -1.63. The third-order valence-electron chi connectivity index (χ3n) is 8.57. The average Bonchev–Trinajstić information content (AvgIpc) is 3.06. The van der Waals surface area contributed by atoms with Gasteiger partial charge in [-0.15, -0.1) is 0 Å². The Labute approximate surface area is 271 Å². The topological polar surface area (TPSA) is 336 Å². The number of rotatable bonds is 11. The van der Waals surface area contributed by atoms with E-state index in [0.29, 0.717) is 0 Å². The zero-order chi connectivity index (χ0) is 35.6. The maximum absolute atomic E-state index is 13.9. The van der Waals surface area contributed by atoms with Crippen molar-refractivity contribution in [1.82, 2.24) is 5.32 Å². The van der Waals surface area contributed by atoms with Crippen LogP contribution < -0.4 is 5.32 Å². The van der Waals surface area contributed by atoms with Crippen molar-refractivity contribution >= 4 is 5.91 Å². The van der Waals surface area contributed by atoms with E-state index in [1.807, 2.05) is 0 Å². The second-order valence-electron chi connectivity index (χ2n) is 11.8. The van der Waals surface area contributed by atoms with Crippen LogP contribution in [0.4, 0.5) is 4.39 Å². The van der Waals surface area contributed by atoms with E-state index in [2.05, 4.69) is 5.32 Å². The first kappa shape index (κ1) is 39.4. The van der Waals surface area contributed by atoms with Gasteiger partial charge in [0, 0.05) is 6.92 Å². The summed E-state index contributed by atoms with van der Waals surface area (Å²) in [5, 5.41) is 126. The SMILES string of the molecule is CC(=O)NC1C(O)[C@H](O[C@@H]2OC(CO)[C@H](O)C(O)C2O)C(CO)O[C@H]1OC1C(O)[C@H](O[C@@H]2C(CO)O[C@H](F)C(O)C2O)OC(CO)[C@@H]1O. The molecule has 4 aliphatic rings. The summed E-state index contributed by atoms with van der Waals surface area (Å²) < 4.78 is 52.1. The molecule has 0 spiro atoms. The predicted octanol–water partition coefficient (Wildman–Crippen LogP) is -8.63. The van der Waals surface area contributed by atoms with Crippen molar-refractivity contribution in [3.05, 3.63) is 0 Å². The first-order chi connectivity index (χ1) is 22.7. The van der Waals surface area contributed by atoms with Crippen molar-refractivity contribution in [3.8, 4) is 0 Å². The summed E-state index contributed by atoms with van der Waals surface area (Å²) in [6.45, 7) is -2.50. The minimum atomic E-state index is -2.40. The van der Waals surface area contributed by atoms with E-state index < -0.39 is 155 Å². The maximum Gasteiger partial charge on any atom is 0.228 e. The van der Waals surface area contributed by atoms with Crippen molar-refractivity contribution in [2.45, 2.75) is 130 Å². The van der Waals surface area contributed by atoms with Gasteiger partial charge in [-0.1, -0.05) is 0 Å². The standard InChI is InChI=1S/C26H44FNO20/c1-6(33)28-11-14(36)20(46-25-18(40)15(37)12(34)7(2-29)43-25)10(5-32)45-24(11)48-22-13(35)8(3-30)44-26(19(22)41)47-21-9(4-31)42-23(27)17(39)16(21)38/h7-26,29-32,34-41H,2-5H2,1H3,(H,28,33)/t7?,8?,9?,10?,11?,12-,13-,14?,15?,16?,17?,18?,19?,20+,21+,22?,23-,24-,25-,26-/m0/s1. The number of ether oxygens (including phenoxy) is 7. The number of aliphatic hydroxyl groups excluding tert-OH is 12. The molecule has 4 saturated heterocycles. The van der Waals surface area contributed by atoms with Gasteiger partial charge in [0.05, 0.1) is 26.4 Å². The van der Waals surface area contributed by atoms with Crippen molar-refractivity contribution in [2.75, 3.05) is 26.4 Å². The summed E-state index contributed by atoms with van der Waals surface area (Å²) in [5.41, 5.74) is 0. The minimum absolute atomic E-state index is 0.765. The lowest BCUT2D eigenvalue weighted by atomic mass is 9.94. The van der Waals surface area contributed by atoms with Crippen molar-refractivity contribution in [3.63, 3.8) is 0 Å². The Hall–Kier alpha value is -1.36. The van der Waals surface area contributed by atoms with Gasteiger partial charge in [0.1, 0.15) is 97.6 Å². The Kier molecular flexibility index (Phi) is 13.8. The van der Waals surface area contributed by atoms with Crippen LogP contribution in [0.3, 0.4) is 0 Å². The number of carbonyl (C=O) groups is 1. The van der Waals surface area contributed by atoms with Crippen LogP contribution in [0.1, 0.15) is 6.92 Å². The van der Waals surface area contributed by atoms with E-state index in [0.717, 1.165) is 6.92 Å². The molecule has 280 valence electrons. The van der Waals surface area contributed by atoms with Crippen LogP contribution in [-0.4, -0.2) is 216 Å². The first-order valence-corrected chi connectivity index (χ1v) is 15.1. The molecule has 13 N–H and O–H groups in total. The quantitative estimate of drug-likeness (QED) is 0.0947. The van der Waals surface area contributed by atoms with E-state index in [1.165, 1.54) is 0 Å². The monoisotopic (exact) mass is 709 g/mol. The molecule has 20 atom stereocenters. The highest BCUT2D eigenvalue weighted by atomic mass is 19.1. The van der Waals surface area contributed by atoms with Gasteiger partial charge in [-0.05, 0) is 0 Å². The zero-order valence-electron chi connectivity index (χ0n) is 25.4. The van der Waals surface area contributed by atoms with Crippen molar-refractivity contribution < 1.29 is 104 Å². The third kappa shape index (κ3) is 8.07. The molecule has 22 heteroatoms. The molecule has 0 aromatic rings. The van der Waals surface area contributed by atoms with Gasteiger partial charge in [0.15, 0.2) is 18.9 Å². The number of alkyl halides is 1. The van der Waals surface area contributed by atoms with Crippen LogP contribution in [0.5, 0.6) is 0 Å². The van der Waals surface area contributed by atoms with Crippen molar-refractivity contribution in [2.24, 2.45) is 0 Å². The van der Waals surface area contributed by atoms with Gasteiger partial charge >= 0.3 is 0 Å². The first-order valence-electron chi connectivity index (χ1n) is 15.1. The Morgan fingerprint density at radius 3 is 1.54 bits per heavy atom. The molecule has 0 radical (unpaired) electrons. The van der Waals surface area contributed by atoms with E-state index in [1.54, 1.807) is 0 Å². The number of carbonyl (C=O) groups excluding carboxylic acids is 1. The molecule has 0 saturated carbocycles. The van der Waals surface area contributed by atoms with Gasteiger partial charge in [-0.2, -0.15) is 0 Å². The molecule has 4 rings (SSSR count).